The van der Waals surface area contributed by atoms with E-state index in [4.69, 9.17) is 9.47 Å². The normalized spacial score (nSPS) is 15.2. The second kappa shape index (κ2) is 8.54. The number of benzene rings is 1. The Bertz CT molecular complexity index is 437. The predicted molar refractivity (Wildman–Crippen MR) is 89.7 cm³/mol. The molecule has 0 aromatic heterocycles. The van der Waals surface area contributed by atoms with Gasteiger partial charge in [0.25, 0.3) is 0 Å². The lowest BCUT2D eigenvalue weighted by molar-refractivity contribution is 0.171. The summed E-state index contributed by atoms with van der Waals surface area (Å²) in [5.41, 5.74) is 0. The summed E-state index contributed by atoms with van der Waals surface area (Å²) < 4.78 is 11.1. The SMILES string of the molecule is CC(C)CCC(C)NCCSc1ccc2c(c1)OCCO2. The summed E-state index contributed by atoms with van der Waals surface area (Å²) in [5.74, 6) is 3.61. The van der Waals surface area contributed by atoms with E-state index in [1.54, 1.807) is 0 Å². The van der Waals surface area contributed by atoms with Crippen LogP contribution in [-0.2, 0) is 0 Å². The van der Waals surface area contributed by atoms with E-state index in [1.165, 1.54) is 17.7 Å². The van der Waals surface area contributed by atoms with E-state index >= 15 is 0 Å². The molecule has 1 heterocycles. The lowest BCUT2D eigenvalue weighted by Gasteiger charge is -2.19. The molecule has 0 spiro atoms. The maximum Gasteiger partial charge on any atom is 0.162 e. The lowest BCUT2D eigenvalue weighted by Crippen LogP contribution is -2.28. The third-order valence-electron chi connectivity index (χ3n) is 3.55. The molecule has 1 N–H and O–H groups in total. The van der Waals surface area contributed by atoms with Crippen molar-refractivity contribution in [3.8, 4) is 11.5 Å². The van der Waals surface area contributed by atoms with E-state index in [2.05, 4.69) is 38.2 Å². The van der Waals surface area contributed by atoms with E-state index in [1.807, 2.05) is 17.8 Å². The monoisotopic (exact) mass is 309 g/mol. The molecule has 1 aromatic carbocycles. The van der Waals surface area contributed by atoms with Crippen molar-refractivity contribution in [2.24, 2.45) is 5.92 Å². The second-order valence-corrected chi connectivity index (χ2v) is 7.15. The minimum atomic E-state index is 0.605. The largest absolute Gasteiger partial charge is 0.486 e. The molecule has 0 saturated carbocycles. The van der Waals surface area contributed by atoms with Gasteiger partial charge in [0, 0.05) is 23.2 Å². The number of thioether (sulfide) groups is 1. The van der Waals surface area contributed by atoms with Crippen LogP contribution in [0.15, 0.2) is 23.1 Å². The van der Waals surface area contributed by atoms with Crippen molar-refractivity contribution in [1.82, 2.24) is 5.32 Å². The van der Waals surface area contributed by atoms with Crippen LogP contribution in [0.4, 0.5) is 0 Å². The molecule has 4 heteroatoms. The van der Waals surface area contributed by atoms with Gasteiger partial charge in [-0.3, -0.25) is 0 Å². The average molecular weight is 309 g/mol. The zero-order valence-electron chi connectivity index (χ0n) is 13.4. The molecule has 1 aliphatic heterocycles. The first kappa shape index (κ1) is 16.5. The molecule has 1 atom stereocenters. The molecule has 0 aliphatic carbocycles. The molecule has 1 aliphatic rings. The molecule has 0 fully saturated rings. The van der Waals surface area contributed by atoms with Gasteiger partial charge >= 0.3 is 0 Å². The summed E-state index contributed by atoms with van der Waals surface area (Å²) in [6.45, 7) is 9.18. The standard InChI is InChI=1S/C17H27NO2S/c1-13(2)4-5-14(3)18-8-11-21-15-6-7-16-17(12-15)20-10-9-19-16/h6-7,12-14,18H,4-5,8-11H2,1-3H3. The quantitative estimate of drug-likeness (QED) is 0.581. The fraction of sp³-hybridized carbons (Fsp3) is 0.647. The van der Waals surface area contributed by atoms with Crippen LogP contribution in [0, 0.1) is 5.92 Å². The van der Waals surface area contributed by atoms with E-state index in [-0.39, 0.29) is 0 Å². The number of hydrogen-bond donors (Lipinski definition) is 1. The van der Waals surface area contributed by atoms with Crippen LogP contribution in [0.25, 0.3) is 0 Å². The van der Waals surface area contributed by atoms with Crippen molar-refractivity contribution in [2.75, 3.05) is 25.5 Å². The highest BCUT2D eigenvalue weighted by molar-refractivity contribution is 7.99. The highest BCUT2D eigenvalue weighted by Crippen LogP contribution is 2.33. The Morgan fingerprint density at radius 3 is 2.62 bits per heavy atom. The van der Waals surface area contributed by atoms with E-state index in [9.17, 15) is 0 Å². The van der Waals surface area contributed by atoms with Crippen LogP contribution in [0.1, 0.15) is 33.6 Å². The van der Waals surface area contributed by atoms with E-state index in [0.717, 1.165) is 29.7 Å². The molecule has 0 radical (unpaired) electrons. The van der Waals surface area contributed by atoms with Crippen molar-refractivity contribution in [3.05, 3.63) is 18.2 Å². The maximum absolute atomic E-state index is 5.61. The molecule has 0 bridgehead atoms. The molecule has 0 saturated heterocycles. The minimum Gasteiger partial charge on any atom is -0.486 e. The van der Waals surface area contributed by atoms with E-state index in [0.29, 0.717) is 19.3 Å². The maximum atomic E-state index is 5.61. The summed E-state index contributed by atoms with van der Waals surface area (Å²) in [6, 6.07) is 6.81. The summed E-state index contributed by atoms with van der Waals surface area (Å²) in [6.07, 6.45) is 2.55. The fourth-order valence-electron chi connectivity index (χ4n) is 2.27. The summed E-state index contributed by atoms with van der Waals surface area (Å²) in [5, 5.41) is 3.59. The Morgan fingerprint density at radius 1 is 1.10 bits per heavy atom. The highest BCUT2D eigenvalue weighted by atomic mass is 32.2. The number of hydrogen-bond acceptors (Lipinski definition) is 4. The van der Waals surface area contributed by atoms with Crippen LogP contribution in [-0.4, -0.2) is 31.6 Å². The predicted octanol–water partition coefficient (Wildman–Crippen LogP) is 3.96. The van der Waals surface area contributed by atoms with Crippen molar-refractivity contribution in [1.29, 1.82) is 0 Å². The van der Waals surface area contributed by atoms with Gasteiger partial charge in [0.05, 0.1) is 0 Å². The van der Waals surface area contributed by atoms with Crippen molar-refractivity contribution < 1.29 is 9.47 Å². The van der Waals surface area contributed by atoms with Crippen LogP contribution < -0.4 is 14.8 Å². The molecule has 2 rings (SSSR count). The Balaban J connectivity index is 1.67. The fourth-order valence-corrected chi connectivity index (χ4v) is 3.08. The number of rotatable bonds is 8. The van der Waals surface area contributed by atoms with Gasteiger partial charge in [-0.15, -0.1) is 11.8 Å². The van der Waals surface area contributed by atoms with Gasteiger partial charge in [-0.05, 0) is 43.9 Å². The van der Waals surface area contributed by atoms with Gasteiger partial charge in [-0.25, -0.2) is 0 Å². The van der Waals surface area contributed by atoms with Gasteiger partial charge in [0.15, 0.2) is 11.5 Å². The first-order chi connectivity index (χ1) is 10.1. The Hall–Kier alpha value is -0.870. The molecule has 1 unspecified atom stereocenters. The zero-order chi connectivity index (χ0) is 15.1. The molecular weight excluding hydrogens is 282 g/mol. The van der Waals surface area contributed by atoms with Gasteiger partial charge < -0.3 is 14.8 Å². The number of nitrogens with one attached hydrogen (secondary N) is 1. The van der Waals surface area contributed by atoms with E-state index < -0.39 is 0 Å². The van der Waals surface area contributed by atoms with Gasteiger partial charge in [-0.2, -0.15) is 0 Å². The first-order valence-electron chi connectivity index (χ1n) is 7.91. The molecule has 118 valence electrons. The van der Waals surface area contributed by atoms with Gasteiger partial charge in [0.2, 0.25) is 0 Å². The van der Waals surface area contributed by atoms with Gasteiger partial charge in [-0.1, -0.05) is 13.8 Å². The van der Waals surface area contributed by atoms with Crippen LogP contribution >= 0.6 is 11.8 Å². The van der Waals surface area contributed by atoms with Crippen LogP contribution in [0.2, 0.25) is 0 Å². The van der Waals surface area contributed by atoms with Crippen LogP contribution in [0.3, 0.4) is 0 Å². The third-order valence-corrected chi connectivity index (χ3v) is 4.55. The Kier molecular flexibility index (Phi) is 6.71. The second-order valence-electron chi connectivity index (χ2n) is 5.98. The number of fused-ring (bicyclic) bond motifs is 1. The van der Waals surface area contributed by atoms with Gasteiger partial charge in [0.1, 0.15) is 13.2 Å². The molecule has 3 nitrogen and oxygen atoms in total. The Morgan fingerprint density at radius 2 is 1.86 bits per heavy atom. The average Bonchev–Trinajstić information content (AvgIpc) is 2.49. The van der Waals surface area contributed by atoms with Crippen molar-refractivity contribution >= 4 is 11.8 Å². The molecular formula is C17H27NO2S. The minimum absolute atomic E-state index is 0.605. The van der Waals surface area contributed by atoms with Crippen molar-refractivity contribution in [3.63, 3.8) is 0 Å². The third kappa shape index (κ3) is 5.79. The smallest absolute Gasteiger partial charge is 0.162 e. The Labute approximate surface area is 132 Å². The van der Waals surface area contributed by atoms with Crippen LogP contribution in [0.5, 0.6) is 11.5 Å². The molecule has 0 amide bonds. The zero-order valence-corrected chi connectivity index (χ0v) is 14.2. The molecule has 1 aromatic rings. The lowest BCUT2D eigenvalue weighted by atomic mass is 10.0. The summed E-state index contributed by atoms with van der Waals surface area (Å²) in [7, 11) is 0. The summed E-state index contributed by atoms with van der Waals surface area (Å²) in [4.78, 5) is 1.25. The molecule has 21 heavy (non-hydrogen) atoms. The first-order valence-corrected chi connectivity index (χ1v) is 8.89. The highest BCUT2D eigenvalue weighted by Gasteiger charge is 2.11. The summed E-state index contributed by atoms with van der Waals surface area (Å²) >= 11 is 1.86. The van der Waals surface area contributed by atoms with Crippen molar-refractivity contribution in [2.45, 2.75) is 44.6 Å². The number of ether oxygens (including phenoxy) is 2. The topological polar surface area (TPSA) is 30.5 Å².